The molecule has 1 aliphatic heterocycles. The van der Waals surface area contributed by atoms with Crippen LogP contribution >= 0.6 is 0 Å². The first-order valence-corrected chi connectivity index (χ1v) is 10.1. The predicted molar refractivity (Wildman–Crippen MR) is 110 cm³/mol. The van der Waals surface area contributed by atoms with Crippen LogP contribution < -0.4 is 10.6 Å². The normalized spacial score (nSPS) is 23.4. The molecule has 4 rings (SSSR count). The first-order chi connectivity index (χ1) is 13.5. The highest BCUT2D eigenvalue weighted by Crippen LogP contribution is 2.29. The molecule has 28 heavy (non-hydrogen) atoms. The monoisotopic (exact) mass is 380 g/mol. The fourth-order valence-electron chi connectivity index (χ4n) is 3.91. The summed E-state index contributed by atoms with van der Waals surface area (Å²) in [6.45, 7) is 8.73. The number of fused-ring (bicyclic) bond motifs is 1. The smallest absolute Gasteiger partial charge is 0.223 e. The average molecular weight is 381 g/mol. The summed E-state index contributed by atoms with van der Waals surface area (Å²) < 4.78 is 0. The van der Waals surface area contributed by atoms with Gasteiger partial charge in [0.15, 0.2) is 5.82 Å². The molecule has 2 N–H and O–H groups in total. The number of piperazine rings is 1. The van der Waals surface area contributed by atoms with Crippen LogP contribution in [0.4, 0.5) is 11.8 Å². The summed E-state index contributed by atoms with van der Waals surface area (Å²) in [6.07, 6.45) is 4.04. The van der Waals surface area contributed by atoms with Crippen LogP contribution in [0.1, 0.15) is 32.4 Å². The van der Waals surface area contributed by atoms with E-state index < -0.39 is 0 Å². The van der Waals surface area contributed by atoms with Crippen LogP contribution in [0.25, 0.3) is 10.9 Å². The van der Waals surface area contributed by atoms with Crippen molar-refractivity contribution < 1.29 is 0 Å². The minimum Gasteiger partial charge on any atom is -0.366 e. The van der Waals surface area contributed by atoms with Crippen LogP contribution in [0.3, 0.4) is 0 Å². The number of nitriles is 1. The molecule has 0 radical (unpaired) electrons. The van der Waals surface area contributed by atoms with Crippen molar-refractivity contribution in [3.63, 3.8) is 0 Å². The van der Waals surface area contributed by atoms with E-state index in [0.717, 1.165) is 49.9 Å². The maximum Gasteiger partial charge on any atom is 0.223 e. The molecule has 0 atom stereocenters. The summed E-state index contributed by atoms with van der Waals surface area (Å²) in [5.41, 5.74) is 1.12. The third kappa shape index (κ3) is 4.01. The third-order valence-electron chi connectivity index (χ3n) is 5.61. The molecule has 2 fully saturated rings. The van der Waals surface area contributed by atoms with Crippen LogP contribution in [0.2, 0.25) is 0 Å². The summed E-state index contributed by atoms with van der Waals surface area (Å²) in [6, 6.07) is 5.12. The van der Waals surface area contributed by atoms with Gasteiger partial charge in [-0.15, -0.1) is 0 Å². The van der Waals surface area contributed by atoms with E-state index in [1.165, 1.54) is 0 Å². The summed E-state index contributed by atoms with van der Waals surface area (Å²) in [4.78, 5) is 18.6. The number of hydrogen-bond donors (Lipinski definition) is 2. The van der Waals surface area contributed by atoms with Gasteiger partial charge in [0.05, 0.1) is 0 Å². The molecule has 2 aromatic rings. The number of hydrogen-bond acceptors (Lipinski definition) is 8. The number of pyridine rings is 1. The van der Waals surface area contributed by atoms with Crippen LogP contribution in [-0.4, -0.2) is 76.1 Å². The van der Waals surface area contributed by atoms with E-state index >= 15 is 0 Å². The van der Waals surface area contributed by atoms with E-state index in [1.807, 2.05) is 13.8 Å². The first-order valence-electron chi connectivity index (χ1n) is 10.1. The zero-order valence-electron chi connectivity index (χ0n) is 16.8. The minimum absolute atomic E-state index is 0.201. The summed E-state index contributed by atoms with van der Waals surface area (Å²) in [7, 11) is 2.19. The van der Waals surface area contributed by atoms with E-state index in [0.29, 0.717) is 29.5 Å². The van der Waals surface area contributed by atoms with Gasteiger partial charge in [0.2, 0.25) is 5.95 Å². The van der Waals surface area contributed by atoms with Crippen LogP contribution in [-0.2, 0) is 0 Å². The highest BCUT2D eigenvalue weighted by Gasteiger charge is 2.35. The lowest BCUT2D eigenvalue weighted by molar-refractivity contribution is 0.0656. The molecule has 2 aliphatic rings. The molecule has 0 bridgehead atoms. The molecular weight excluding hydrogens is 352 g/mol. The molecule has 1 saturated heterocycles. The Hall–Kier alpha value is -2.50. The number of anilines is 2. The minimum atomic E-state index is 0.201. The SMILES string of the molecule is CC(C)Nc1nc(C#N)cc2cnc(N[C@H]3C[C@@H](N4CCN(C)CC4)C3)nc12. The molecule has 2 aromatic heterocycles. The van der Waals surface area contributed by atoms with Gasteiger partial charge in [0.25, 0.3) is 0 Å². The first kappa shape index (κ1) is 18.8. The van der Waals surface area contributed by atoms with Gasteiger partial charge in [-0.2, -0.15) is 5.26 Å². The molecular formula is C20H28N8. The molecule has 1 aliphatic carbocycles. The second kappa shape index (κ2) is 7.86. The van der Waals surface area contributed by atoms with Gasteiger partial charge in [-0.3, -0.25) is 4.90 Å². The molecule has 0 unspecified atom stereocenters. The van der Waals surface area contributed by atoms with Crippen molar-refractivity contribution in [3.05, 3.63) is 18.0 Å². The topological polar surface area (TPSA) is 93.0 Å². The average Bonchev–Trinajstić information content (AvgIpc) is 2.65. The quantitative estimate of drug-likeness (QED) is 0.813. The molecule has 148 valence electrons. The fourth-order valence-corrected chi connectivity index (χ4v) is 3.91. The van der Waals surface area contributed by atoms with Gasteiger partial charge in [0, 0.05) is 55.9 Å². The second-order valence-corrected chi connectivity index (χ2v) is 8.20. The van der Waals surface area contributed by atoms with Gasteiger partial charge < -0.3 is 15.5 Å². The summed E-state index contributed by atoms with van der Waals surface area (Å²) >= 11 is 0. The molecule has 1 saturated carbocycles. The lowest BCUT2D eigenvalue weighted by Gasteiger charge is -2.46. The zero-order valence-corrected chi connectivity index (χ0v) is 16.8. The lowest BCUT2D eigenvalue weighted by Crippen LogP contribution is -2.55. The van der Waals surface area contributed by atoms with Crippen LogP contribution in [0, 0.1) is 11.3 Å². The van der Waals surface area contributed by atoms with Crippen molar-refractivity contribution in [2.45, 2.75) is 44.8 Å². The van der Waals surface area contributed by atoms with Crippen molar-refractivity contribution in [2.75, 3.05) is 43.9 Å². The van der Waals surface area contributed by atoms with Crippen molar-refractivity contribution in [3.8, 4) is 6.07 Å². The maximum atomic E-state index is 9.22. The van der Waals surface area contributed by atoms with Crippen molar-refractivity contribution >= 4 is 22.7 Å². The number of nitrogens with zero attached hydrogens (tertiary/aromatic N) is 6. The molecule has 8 heteroatoms. The number of aromatic nitrogens is 3. The van der Waals surface area contributed by atoms with Gasteiger partial charge in [-0.05, 0) is 39.8 Å². The number of rotatable bonds is 5. The Morgan fingerprint density at radius 3 is 2.61 bits per heavy atom. The maximum absolute atomic E-state index is 9.22. The van der Waals surface area contributed by atoms with Crippen molar-refractivity contribution in [1.82, 2.24) is 24.8 Å². The Labute approximate surface area is 166 Å². The molecule has 8 nitrogen and oxygen atoms in total. The standard InChI is InChI=1S/C20H28N8/c1-13(2)23-19-18-14(8-16(11-21)24-19)12-22-20(26-18)25-15-9-17(10-15)28-6-4-27(3)5-7-28/h8,12-13,15,17H,4-7,9-10H2,1-3H3,(H,23,24)(H,22,25,26)/t15-,17+. The molecule has 0 amide bonds. The summed E-state index contributed by atoms with van der Waals surface area (Å²) in [5, 5.41) is 16.8. The Balaban J connectivity index is 1.44. The number of likely N-dealkylation sites (N-methyl/N-ethyl adjacent to an activating group) is 1. The second-order valence-electron chi connectivity index (χ2n) is 8.20. The highest BCUT2D eigenvalue weighted by atomic mass is 15.3. The van der Waals surface area contributed by atoms with Gasteiger partial charge >= 0.3 is 0 Å². The number of nitrogens with one attached hydrogen (secondary N) is 2. The molecule has 3 heterocycles. The Morgan fingerprint density at radius 2 is 1.93 bits per heavy atom. The van der Waals surface area contributed by atoms with E-state index in [4.69, 9.17) is 4.98 Å². The Kier molecular flexibility index (Phi) is 5.29. The van der Waals surface area contributed by atoms with Gasteiger partial charge in [-0.25, -0.2) is 15.0 Å². The van der Waals surface area contributed by atoms with E-state index in [2.05, 4.69) is 43.5 Å². The van der Waals surface area contributed by atoms with Crippen molar-refractivity contribution in [1.29, 1.82) is 5.26 Å². The van der Waals surface area contributed by atoms with E-state index in [-0.39, 0.29) is 6.04 Å². The largest absolute Gasteiger partial charge is 0.366 e. The summed E-state index contributed by atoms with van der Waals surface area (Å²) in [5.74, 6) is 1.27. The fraction of sp³-hybridized carbons (Fsp3) is 0.600. The van der Waals surface area contributed by atoms with Crippen molar-refractivity contribution in [2.24, 2.45) is 0 Å². The Bertz CT molecular complexity index is 876. The van der Waals surface area contributed by atoms with Crippen LogP contribution in [0.5, 0.6) is 0 Å². The van der Waals surface area contributed by atoms with Crippen LogP contribution in [0.15, 0.2) is 12.3 Å². The van der Waals surface area contributed by atoms with E-state index in [1.54, 1.807) is 12.3 Å². The van der Waals surface area contributed by atoms with Gasteiger partial charge in [0.1, 0.15) is 17.3 Å². The molecule has 0 spiro atoms. The predicted octanol–water partition coefficient (Wildman–Crippen LogP) is 1.91. The molecule has 0 aromatic carbocycles. The zero-order chi connectivity index (χ0) is 19.7. The lowest BCUT2D eigenvalue weighted by atomic mass is 9.85. The third-order valence-corrected chi connectivity index (χ3v) is 5.61. The van der Waals surface area contributed by atoms with E-state index in [9.17, 15) is 5.26 Å². The highest BCUT2D eigenvalue weighted by molar-refractivity contribution is 5.89. The van der Waals surface area contributed by atoms with Gasteiger partial charge in [-0.1, -0.05) is 0 Å². The Morgan fingerprint density at radius 1 is 1.18 bits per heavy atom.